The van der Waals surface area contributed by atoms with Gasteiger partial charge in [-0.25, -0.2) is 14.8 Å². The van der Waals surface area contributed by atoms with E-state index in [1.165, 1.54) is 5.69 Å². The molecular weight excluding hydrogens is 593 g/mol. The molecule has 1 atom stereocenters. The van der Waals surface area contributed by atoms with Crippen LogP contribution in [0.1, 0.15) is 59.9 Å². The number of benzene rings is 1. The number of aromatic nitrogens is 3. The number of nitrogens with one attached hydrogen (secondary N) is 3. The van der Waals surface area contributed by atoms with Gasteiger partial charge in [0, 0.05) is 62.5 Å². The number of carbonyl (C=O) groups excluding carboxylic acids is 1. The van der Waals surface area contributed by atoms with Gasteiger partial charge in [0.2, 0.25) is 5.95 Å². The lowest BCUT2D eigenvalue weighted by molar-refractivity contribution is 0.112. The van der Waals surface area contributed by atoms with Gasteiger partial charge in [0.1, 0.15) is 13.9 Å². The first-order valence-electron chi connectivity index (χ1n) is 16.7. The predicted molar refractivity (Wildman–Crippen MR) is 191 cm³/mol. The van der Waals surface area contributed by atoms with Crippen LogP contribution in [0.5, 0.6) is 0 Å². The number of urea groups is 1. The van der Waals surface area contributed by atoms with Gasteiger partial charge in [-0.15, -0.1) is 5.54 Å². The van der Waals surface area contributed by atoms with E-state index in [2.05, 4.69) is 115 Å². The van der Waals surface area contributed by atoms with Crippen LogP contribution in [0.15, 0.2) is 36.5 Å². The number of anilines is 4. The third kappa shape index (κ3) is 7.80. The number of rotatable bonds is 9. The second-order valence-electron chi connectivity index (χ2n) is 13.6. The molecule has 2 saturated heterocycles. The Morgan fingerprint density at radius 2 is 1.72 bits per heavy atom. The molecule has 4 heterocycles. The third-order valence-electron chi connectivity index (χ3n) is 9.59. The third-order valence-corrected chi connectivity index (χ3v) is 15.9. The lowest BCUT2D eigenvalue weighted by Gasteiger charge is -2.38. The van der Waals surface area contributed by atoms with E-state index in [1.54, 1.807) is 6.20 Å². The summed E-state index contributed by atoms with van der Waals surface area (Å²) in [5, 5.41) is 9.92. The fourth-order valence-electron chi connectivity index (χ4n) is 6.97. The molecule has 2 fully saturated rings. The molecule has 11 heteroatoms. The molecule has 1 aromatic carbocycles. The van der Waals surface area contributed by atoms with Crippen molar-refractivity contribution < 1.29 is 9.53 Å². The molecule has 0 spiro atoms. The minimum atomic E-state index is -2.01. The highest BCUT2D eigenvalue weighted by molar-refractivity contribution is 6.90. The highest BCUT2D eigenvalue weighted by Crippen LogP contribution is 2.41. The summed E-state index contributed by atoms with van der Waals surface area (Å²) in [6, 6.07) is 9.88. The number of ether oxygens (including phenoxy) is 1. The minimum Gasteiger partial charge on any atom is -0.376 e. The van der Waals surface area contributed by atoms with Crippen molar-refractivity contribution in [1.82, 2.24) is 25.2 Å². The molecular formula is C35H50N8O2Si. The van der Waals surface area contributed by atoms with E-state index in [9.17, 15) is 4.79 Å². The van der Waals surface area contributed by atoms with Crippen molar-refractivity contribution in [3.05, 3.63) is 42.1 Å². The number of carbonyl (C=O) groups is 1. The van der Waals surface area contributed by atoms with E-state index in [-0.39, 0.29) is 12.1 Å². The summed E-state index contributed by atoms with van der Waals surface area (Å²) in [6.07, 6.45) is 3.81. The molecule has 2 amide bonds. The molecule has 246 valence electrons. The quantitative estimate of drug-likeness (QED) is 0.182. The van der Waals surface area contributed by atoms with Gasteiger partial charge in [-0.05, 0) is 66.8 Å². The molecule has 0 saturated carbocycles. The Kier molecular flexibility index (Phi) is 10.8. The Morgan fingerprint density at radius 1 is 1.02 bits per heavy atom. The summed E-state index contributed by atoms with van der Waals surface area (Å²) < 4.78 is 5.65. The monoisotopic (exact) mass is 642 g/mol. The zero-order valence-corrected chi connectivity index (χ0v) is 29.5. The van der Waals surface area contributed by atoms with E-state index in [1.807, 2.05) is 6.07 Å². The van der Waals surface area contributed by atoms with E-state index >= 15 is 0 Å². The van der Waals surface area contributed by atoms with Gasteiger partial charge in [-0.3, -0.25) is 5.32 Å². The Hall–Kier alpha value is -3.72. The van der Waals surface area contributed by atoms with Crippen LogP contribution in [-0.2, 0) is 4.74 Å². The maximum atomic E-state index is 12.9. The smallest absolute Gasteiger partial charge is 0.320 e. The average molecular weight is 643 g/mol. The summed E-state index contributed by atoms with van der Waals surface area (Å²) in [5.74, 6) is 4.37. The summed E-state index contributed by atoms with van der Waals surface area (Å²) in [4.78, 5) is 31.8. The molecule has 0 aliphatic carbocycles. The van der Waals surface area contributed by atoms with Crippen LogP contribution < -0.4 is 20.9 Å². The highest BCUT2D eigenvalue weighted by atomic mass is 28.3. The van der Waals surface area contributed by atoms with Gasteiger partial charge in [0.25, 0.3) is 0 Å². The number of nitrogens with zero attached hydrogens (tertiary/aromatic N) is 5. The van der Waals surface area contributed by atoms with Crippen LogP contribution in [0.2, 0.25) is 16.6 Å². The van der Waals surface area contributed by atoms with Crippen molar-refractivity contribution in [2.45, 2.75) is 77.1 Å². The predicted octanol–water partition coefficient (Wildman–Crippen LogP) is 6.39. The molecule has 1 unspecified atom stereocenters. The van der Waals surface area contributed by atoms with Crippen molar-refractivity contribution in [2.75, 3.05) is 61.9 Å². The summed E-state index contributed by atoms with van der Waals surface area (Å²) in [7, 11) is 0.151. The number of likely N-dealkylation sites (N-methyl/N-ethyl adjacent to an activating group) is 1. The van der Waals surface area contributed by atoms with Gasteiger partial charge < -0.3 is 25.2 Å². The number of amides is 2. The Balaban J connectivity index is 1.43. The molecule has 3 aromatic rings. The number of hydrogen-bond donors (Lipinski definition) is 3. The van der Waals surface area contributed by atoms with E-state index in [4.69, 9.17) is 14.7 Å². The second kappa shape index (κ2) is 14.8. The molecule has 0 bridgehead atoms. The van der Waals surface area contributed by atoms with Crippen LogP contribution >= 0.6 is 0 Å². The Labute approximate surface area is 275 Å². The first kappa shape index (κ1) is 33.6. The molecule has 0 radical (unpaired) electrons. The SMILES string of the molecule is CC(C)[Si](C#Cc1cc(NC(=O)NCC2CCCO2)nc2nc(Nc3ccc(N4CCN(C)CC4)cc3)ncc12)(C(C)C)C(C)C. The first-order chi connectivity index (χ1) is 22.0. The molecule has 5 rings (SSSR count). The molecule has 3 N–H and O–H groups in total. The van der Waals surface area contributed by atoms with E-state index in [0.717, 1.165) is 62.3 Å². The number of hydrogen-bond acceptors (Lipinski definition) is 8. The van der Waals surface area contributed by atoms with Crippen molar-refractivity contribution in [3.8, 4) is 11.5 Å². The second-order valence-corrected chi connectivity index (χ2v) is 19.1. The number of piperazine rings is 1. The lowest BCUT2D eigenvalue weighted by atomic mass is 10.2. The average Bonchev–Trinajstić information content (AvgIpc) is 3.54. The van der Waals surface area contributed by atoms with Gasteiger partial charge in [-0.1, -0.05) is 47.5 Å². The maximum Gasteiger partial charge on any atom is 0.320 e. The topological polar surface area (TPSA) is 108 Å². The molecule has 10 nitrogen and oxygen atoms in total. The largest absolute Gasteiger partial charge is 0.376 e. The number of fused-ring (bicyclic) bond motifs is 1. The maximum absolute atomic E-state index is 12.9. The molecule has 2 aliphatic rings. The van der Waals surface area contributed by atoms with Crippen LogP contribution in [0.3, 0.4) is 0 Å². The fourth-order valence-corrected chi connectivity index (χ4v) is 12.2. The van der Waals surface area contributed by atoms with Crippen LogP contribution in [0, 0.1) is 11.5 Å². The highest BCUT2D eigenvalue weighted by Gasteiger charge is 2.41. The Morgan fingerprint density at radius 3 is 2.35 bits per heavy atom. The van der Waals surface area contributed by atoms with E-state index < -0.39 is 8.07 Å². The standard InChI is InChI=1S/C35H50N8O2Si/c1-24(2)46(25(3)4,26(5)6)20-14-27-21-32(40-35(44)37-22-30-9-8-19-45-30)39-33-31(27)23-36-34(41-33)38-28-10-12-29(13-11-28)43-17-15-42(7)16-18-43/h10-13,21,23-26,30H,8-9,15-19,22H2,1-7H3,(H3,36,37,38,39,40,41,44). The van der Waals surface area contributed by atoms with Crippen LogP contribution in [0.25, 0.3) is 11.0 Å². The molecule has 46 heavy (non-hydrogen) atoms. The molecule has 2 aromatic heterocycles. The van der Waals surface area contributed by atoms with Gasteiger partial charge >= 0.3 is 6.03 Å². The van der Waals surface area contributed by atoms with Gasteiger partial charge in [-0.2, -0.15) is 4.98 Å². The van der Waals surface area contributed by atoms with Gasteiger partial charge in [0.05, 0.1) is 11.5 Å². The van der Waals surface area contributed by atoms with Crippen molar-refractivity contribution >= 4 is 48.3 Å². The zero-order valence-electron chi connectivity index (χ0n) is 28.5. The fraction of sp³-hybridized carbons (Fsp3) is 0.543. The number of pyridine rings is 1. The summed E-state index contributed by atoms with van der Waals surface area (Å²) in [5.41, 5.74) is 8.61. The minimum absolute atomic E-state index is 0.0509. The van der Waals surface area contributed by atoms with Crippen LogP contribution in [-0.4, -0.2) is 86.4 Å². The van der Waals surface area contributed by atoms with Gasteiger partial charge in [0.15, 0.2) is 5.65 Å². The van der Waals surface area contributed by atoms with Crippen molar-refractivity contribution in [2.24, 2.45) is 0 Å². The van der Waals surface area contributed by atoms with Crippen LogP contribution in [0.4, 0.5) is 27.9 Å². The molecule has 2 aliphatic heterocycles. The lowest BCUT2D eigenvalue weighted by Crippen LogP contribution is -2.44. The normalized spacial score (nSPS) is 17.4. The van der Waals surface area contributed by atoms with Crippen molar-refractivity contribution in [3.63, 3.8) is 0 Å². The Bertz CT molecular complexity index is 1530. The first-order valence-corrected chi connectivity index (χ1v) is 19.0. The summed E-state index contributed by atoms with van der Waals surface area (Å²) >= 11 is 0. The zero-order chi connectivity index (χ0) is 32.8. The summed E-state index contributed by atoms with van der Waals surface area (Å²) in [6.45, 7) is 19.2. The van der Waals surface area contributed by atoms with Crippen molar-refractivity contribution in [1.29, 1.82) is 0 Å². The van der Waals surface area contributed by atoms with E-state index in [0.29, 0.717) is 40.6 Å².